The van der Waals surface area contributed by atoms with Gasteiger partial charge in [0, 0.05) is 19.6 Å². The maximum Gasteiger partial charge on any atom is 0.264 e. The monoisotopic (exact) mass is 283 g/mol. The highest BCUT2D eigenvalue weighted by molar-refractivity contribution is 7.86. The summed E-state index contributed by atoms with van der Waals surface area (Å²) in [6, 6.07) is 8.53. The van der Waals surface area contributed by atoms with Gasteiger partial charge in [-0.25, -0.2) is 0 Å². The first-order valence-electron chi connectivity index (χ1n) is 6.64. The van der Waals surface area contributed by atoms with Crippen LogP contribution in [0.4, 0.5) is 0 Å². The van der Waals surface area contributed by atoms with Gasteiger partial charge in [-0.3, -0.25) is 9.08 Å². The van der Waals surface area contributed by atoms with Crippen molar-refractivity contribution in [3.8, 4) is 0 Å². The third kappa shape index (κ3) is 4.60. The third-order valence-corrected chi connectivity index (χ3v) is 3.97. The van der Waals surface area contributed by atoms with Gasteiger partial charge in [0.15, 0.2) is 0 Å². The minimum atomic E-state index is -3.34. The van der Waals surface area contributed by atoms with Gasteiger partial charge in [-0.1, -0.05) is 31.2 Å². The largest absolute Gasteiger partial charge is 0.296 e. The topological polar surface area (TPSA) is 46.6 Å². The molecule has 2 rings (SSSR count). The zero-order valence-electron chi connectivity index (χ0n) is 11.5. The summed E-state index contributed by atoms with van der Waals surface area (Å²) >= 11 is 0. The third-order valence-electron chi connectivity index (χ3n) is 3.35. The van der Waals surface area contributed by atoms with E-state index in [4.69, 9.17) is 4.18 Å². The number of benzene rings is 1. The Bertz CT molecular complexity index is 527. The SMILES string of the molecule is CCc1cccc(CN2CCC(OS(C)(=O)=O)C2)c1. The lowest BCUT2D eigenvalue weighted by atomic mass is 10.1. The molecule has 0 radical (unpaired) electrons. The Morgan fingerprint density at radius 1 is 1.37 bits per heavy atom. The van der Waals surface area contributed by atoms with Crippen LogP contribution in [0.15, 0.2) is 24.3 Å². The van der Waals surface area contributed by atoms with Gasteiger partial charge in [-0.2, -0.15) is 8.42 Å². The van der Waals surface area contributed by atoms with Crippen LogP contribution < -0.4 is 0 Å². The van der Waals surface area contributed by atoms with Crippen molar-refractivity contribution in [3.63, 3.8) is 0 Å². The van der Waals surface area contributed by atoms with Crippen molar-refractivity contribution < 1.29 is 12.6 Å². The predicted octanol–water partition coefficient (Wildman–Crippen LogP) is 1.80. The summed E-state index contributed by atoms with van der Waals surface area (Å²) < 4.78 is 27.2. The molecular weight excluding hydrogens is 262 g/mol. The Kier molecular flexibility index (Phi) is 4.60. The molecule has 1 aliphatic heterocycles. The lowest BCUT2D eigenvalue weighted by Crippen LogP contribution is -2.24. The molecule has 106 valence electrons. The van der Waals surface area contributed by atoms with Crippen LogP contribution in [-0.2, 0) is 27.3 Å². The van der Waals surface area contributed by atoms with Gasteiger partial charge in [0.05, 0.1) is 12.4 Å². The van der Waals surface area contributed by atoms with E-state index in [0.29, 0.717) is 6.54 Å². The highest BCUT2D eigenvalue weighted by atomic mass is 32.2. The van der Waals surface area contributed by atoms with Crippen molar-refractivity contribution in [2.24, 2.45) is 0 Å². The molecule has 0 bridgehead atoms. The minimum Gasteiger partial charge on any atom is -0.296 e. The van der Waals surface area contributed by atoms with E-state index in [1.54, 1.807) is 0 Å². The second kappa shape index (κ2) is 6.03. The normalized spacial score (nSPS) is 20.8. The average molecular weight is 283 g/mol. The zero-order valence-corrected chi connectivity index (χ0v) is 12.3. The van der Waals surface area contributed by atoms with E-state index < -0.39 is 10.1 Å². The first-order valence-corrected chi connectivity index (χ1v) is 8.46. The summed E-state index contributed by atoms with van der Waals surface area (Å²) in [5, 5.41) is 0. The van der Waals surface area contributed by atoms with Crippen LogP contribution in [-0.4, -0.2) is 38.8 Å². The summed E-state index contributed by atoms with van der Waals surface area (Å²) in [6.07, 6.45) is 2.73. The van der Waals surface area contributed by atoms with Gasteiger partial charge in [0.2, 0.25) is 0 Å². The van der Waals surface area contributed by atoms with Crippen LogP contribution in [0.1, 0.15) is 24.5 Å². The van der Waals surface area contributed by atoms with Gasteiger partial charge in [-0.05, 0) is 24.0 Å². The minimum absolute atomic E-state index is 0.190. The fourth-order valence-corrected chi connectivity index (χ4v) is 3.12. The standard InChI is InChI=1S/C14H21NO3S/c1-3-12-5-4-6-13(9-12)10-15-8-7-14(11-15)18-19(2,16)17/h4-6,9,14H,3,7-8,10-11H2,1-2H3. The van der Waals surface area contributed by atoms with Gasteiger partial charge in [0.1, 0.15) is 0 Å². The van der Waals surface area contributed by atoms with E-state index >= 15 is 0 Å². The van der Waals surface area contributed by atoms with Crippen LogP contribution in [0.5, 0.6) is 0 Å². The molecule has 5 heteroatoms. The highest BCUT2D eigenvalue weighted by Crippen LogP contribution is 2.18. The highest BCUT2D eigenvalue weighted by Gasteiger charge is 2.26. The Balaban J connectivity index is 1.91. The van der Waals surface area contributed by atoms with Crippen molar-refractivity contribution in [1.82, 2.24) is 4.90 Å². The smallest absolute Gasteiger partial charge is 0.264 e. The molecule has 1 unspecified atom stereocenters. The first-order chi connectivity index (χ1) is 8.96. The van der Waals surface area contributed by atoms with E-state index in [2.05, 4.69) is 36.1 Å². The summed E-state index contributed by atoms with van der Waals surface area (Å²) in [5.74, 6) is 0. The van der Waals surface area contributed by atoms with Gasteiger partial charge in [-0.15, -0.1) is 0 Å². The first kappa shape index (κ1) is 14.5. The predicted molar refractivity (Wildman–Crippen MR) is 75.4 cm³/mol. The van der Waals surface area contributed by atoms with Crippen molar-refractivity contribution in [2.75, 3.05) is 19.3 Å². The number of hydrogen-bond acceptors (Lipinski definition) is 4. The van der Waals surface area contributed by atoms with Crippen LogP contribution >= 0.6 is 0 Å². The second-order valence-corrected chi connectivity index (χ2v) is 6.72. The lowest BCUT2D eigenvalue weighted by Gasteiger charge is -2.16. The number of hydrogen-bond donors (Lipinski definition) is 0. The molecule has 0 amide bonds. The molecule has 1 aromatic carbocycles. The van der Waals surface area contributed by atoms with Crippen molar-refractivity contribution in [1.29, 1.82) is 0 Å². The summed E-state index contributed by atoms with van der Waals surface area (Å²) in [6.45, 7) is 4.57. The van der Waals surface area contributed by atoms with Crippen molar-refractivity contribution in [2.45, 2.75) is 32.4 Å². The van der Waals surface area contributed by atoms with E-state index in [-0.39, 0.29) is 6.10 Å². The van der Waals surface area contributed by atoms with Crippen LogP contribution in [0.25, 0.3) is 0 Å². The summed E-state index contributed by atoms with van der Waals surface area (Å²) in [5.41, 5.74) is 2.61. The van der Waals surface area contributed by atoms with E-state index in [1.807, 2.05) is 0 Å². The average Bonchev–Trinajstić information content (AvgIpc) is 2.74. The van der Waals surface area contributed by atoms with Crippen molar-refractivity contribution in [3.05, 3.63) is 35.4 Å². The van der Waals surface area contributed by atoms with Gasteiger partial charge >= 0.3 is 0 Å². The second-order valence-electron chi connectivity index (χ2n) is 5.12. The molecule has 0 N–H and O–H groups in total. The van der Waals surface area contributed by atoms with Crippen LogP contribution in [0, 0.1) is 0 Å². The molecule has 1 saturated heterocycles. The van der Waals surface area contributed by atoms with Crippen molar-refractivity contribution >= 4 is 10.1 Å². The molecule has 0 saturated carbocycles. The molecule has 1 fully saturated rings. The molecule has 0 aromatic heterocycles. The van der Waals surface area contributed by atoms with Crippen LogP contribution in [0.3, 0.4) is 0 Å². The fraction of sp³-hybridized carbons (Fsp3) is 0.571. The fourth-order valence-electron chi connectivity index (χ4n) is 2.47. The van der Waals surface area contributed by atoms with Gasteiger partial charge < -0.3 is 0 Å². The number of likely N-dealkylation sites (tertiary alicyclic amines) is 1. The van der Waals surface area contributed by atoms with Crippen LogP contribution in [0.2, 0.25) is 0 Å². The van der Waals surface area contributed by atoms with E-state index in [0.717, 1.165) is 32.2 Å². The Morgan fingerprint density at radius 3 is 2.79 bits per heavy atom. The maximum atomic E-state index is 11.1. The summed E-state index contributed by atoms with van der Waals surface area (Å²) in [7, 11) is -3.34. The molecule has 4 nitrogen and oxygen atoms in total. The quantitative estimate of drug-likeness (QED) is 0.773. The summed E-state index contributed by atoms with van der Waals surface area (Å²) in [4.78, 5) is 2.24. The van der Waals surface area contributed by atoms with E-state index in [1.165, 1.54) is 11.1 Å². The Hall–Kier alpha value is -0.910. The Labute approximate surface area is 115 Å². The maximum absolute atomic E-state index is 11.1. The lowest BCUT2D eigenvalue weighted by molar-refractivity contribution is 0.207. The number of rotatable bonds is 5. The number of aryl methyl sites for hydroxylation is 1. The molecule has 19 heavy (non-hydrogen) atoms. The zero-order chi connectivity index (χ0) is 13.9. The molecule has 1 aliphatic rings. The molecule has 1 aromatic rings. The van der Waals surface area contributed by atoms with E-state index in [9.17, 15) is 8.42 Å². The molecule has 1 heterocycles. The van der Waals surface area contributed by atoms with Gasteiger partial charge in [0.25, 0.3) is 10.1 Å². The number of nitrogens with zero attached hydrogens (tertiary/aromatic N) is 1. The molecule has 0 aliphatic carbocycles. The molecular formula is C14H21NO3S. The molecule has 1 atom stereocenters. The molecule has 0 spiro atoms. The Morgan fingerprint density at radius 2 is 2.11 bits per heavy atom.